The predicted molar refractivity (Wildman–Crippen MR) is 81.3 cm³/mol. The number of nitrogens with one attached hydrogen (secondary N) is 1. The van der Waals surface area contributed by atoms with Crippen molar-refractivity contribution < 1.29 is 4.74 Å². The van der Waals surface area contributed by atoms with Gasteiger partial charge in [-0.2, -0.15) is 0 Å². The molecule has 2 nitrogen and oxygen atoms in total. The highest BCUT2D eigenvalue weighted by molar-refractivity contribution is 4.93. The van der Waals surface area contributed by atoms with E-state index >= 15 is 0 Å². The van der Waals surface area contributed by atoms with Crippen LogP contribution in [0, 0.1) is 17.8 Å². The zero-order chi connectivity index (χ0) is 13.7. The van der Waals surface area contributed by atoms with E-state index in [1.54, 1.807) is 0 Å². The summed E-state index contributed by atoms with van der Waals surface area (Å²) in [7, 11) is 0. The molecule has 0 aromatic rings. The third-order valence-corrected chi connectivity index (χ3v) is 5.52. The molecule has 0 aromatic heterocycles. The average molecular weight is 267 g/mol. The third kappa shape index (κ3) is 3.52. The summed E-state index contributed by atoms with van der Waals surface area (Å²) in [6.45, 7) is 9.01. The molecule has 0 spiro atoms. The van der Waals surface area contributed by atoms with Gasteiger partial charge in [-0.1, -0.05) is 46.5 Å². The molecule has 112 valence electrons. The second-order valence-electron chi connectivity index (χ2n) is 6.47. The van der Waals surface area contributed by atoms with Crippen molar-refractivity contribution in [1.82, 2.24) is 5.32 Å². The van der Waals surface area contributed by atoms with E-state index in [9.17, 15) is 0 Å². The number of hydrogen-bond acceptors (Lipinski definition) is 2. The molecule has 2 fully saturated rings. The molecular formula is C17H33NO. The fourth-order valence-corrected chi connectivity index (χ4v) is 4.57. The van der Waals surface area contributed by atoms with Gasteiger partial charge in [-0.15, -0.1) is 0 Å². The highest BCUT2D eigenvalue weighted by Crippen LogP contribution is 2.40. The van der Waals surface area contributed by atoms with Crippen LogP contribution in [0.2, 0.25) is 0 Å². The molecular weight excluding hydrogens is 234 g/mol. The Morgan fingerprint density at radius 2 is 1.79 bits per heavy atom. The van der Waals surface area contributed by atoms with Gasteiger partial charge in [0.25, 0.3) is 0 Å². The lowest BCUT2D eigenvalue weighted by atomic mass is 9.69. The molecule has 1 aliphatic carbocycles. The fourth-order valence-electron chi connectivity index (χ4n) is 4.57. The zero-order valence-electron chi connectivity index (χ0n) is 13.2. The lowest BCUT2D eigenvalue weighted by Gasteiger charge is -2.41. The number of hydrogen-bond donors (Lipinski definition) is 1. The molecule has 0 bridgehead atoms. The van der Waals surface area contributed by atoms with Crippen LogP contribution in [-0.4, -0.2) is 25.3 Å². The van der Waals surface area contributed by atoms with Crippen molar-refractivity contribution in [2.24, 2.45) is 17.8 Å². The molecule has 0 aromatic carbocycles. The zero-order valence-corrected chi connectivity index (χ0v) is 13.2. The highest BCUT2D eigenvalue weighted by atomic mass is 16.5. The van der Waals surface area contributed by atoms with Gasteiger partial charge in [-0.3, -0.25) is 0 Å². The van der Waals surface area contributed by atoms with Crippen molar-refractivity contribution in [2.45, 2.75) is 77.9 Å². The van der Waals surface area contributed by atoms with E-state index in [1.807, 2.05) is 0 Å². The van der Waals surface area contributed by atoms with E-state index in [1.165, 1.54) is 44.9 Å². The fraction of sp³-hybridized carbons (Fsp3) is 1.00. The van der Waals surface area contributed by atoms with Crippen LogP contribution in [-0.2, 0) is 4.74 Å². The molecule has 0 radical (unpaired) electrons. The summed E-state index contributed by atoms with van der Waals surface area (Å²) in [4.78, 5) is 0. The summed E-state index contributed by atoms with van der Waals surface area (Å²) in [5.74, 6) is 2.58. The predicted octanol–water partition coefficient (Wildman–Crippen LogP) is 4.00. The summed E-state index contributed by atoms with van der Waals surface area (Å²) in [5, 5.41) is 3.84. The molecule has 5 unspecified atom stereocenters. The maximum absolute atomic E-state index is 5.96. The molecule has 0 amide bonds. The Hall–Kier alpha value is -0.0800. The third-order valence-electron chi connectivity index (χ3n) is 5.52. The summed E-state index contributed by atoms with van der Waals surface area (Å²) in [5.41, 5.74) is 0. The standard InChI is InChI=1S/C17H33NO/c1-4-13-9-7-8-10-14(13)17(18-6-3)15-11-12-19-16(15)5-2/h13-18H,4-12H2,1-3H3. The van der Waals surface area contributed by atoms with Gasteiger partial charge in [0.15, 0.2) is 0 Å². The van der Waals surface area contributed by atoms with Crippen LogP contribution in [0.3, 0.4) is 0 Å². The molecule has 5 atom stereocenters. The van der Waals surface area contributed by atoms with Crippen LogP contribution >= 0.6 is 0 Å². The first-order valence-electron chi connectivity index (χ1n) is 8.66. The first kappa shape index (κ1) is 15.3. The Bertz CT molecular complexity index is 256. The Kier molecular flexibility index (Phi) is 6.15. The van der Waals surface area contributed by atoms with Crippen LogP contribution in [0.4, 0.5) is 0 Å². The lowest BCUT2D eigenvalue weighted by Crippen LogP contribution is -2.48. The van der Waals surface area contributed by atoms with E-state index in [0.717, 1.165) is 30.9 Å². The van der Waals surface area contributed by atoms with E-state index < -0.39 is 0 Å². The van der Waals surface area contributed by atoms with Crippen LogP contribution < -0.4 is 5.32 Å². The van der Waals surface area contributed by atoms with E-state index in [0.29, 0.717) is 12.1 Å². The molecule has 2 aliphatic rings. The quantitative estimate of drug-likeness (QED) is 0.785. The van der Waals surface area contributed by atoms with Gasteiger partial charge in [0.1, 0.15) is 0 Å². The van der Waals surface area contributed by atoms with Gasteiger partial charge in [0, 0.05) is 18.6 Å². The minimum Gasteiger partial charge on any atom is -0.378 e. The Morgan fingerprint density at radius 1 is 1.00 bits per heavy atom. The van der Waals surface area contributed by atoms with Gasteiger partial charge in [0.05, 0.1) is 6.10 Å². The molecule has 1 heterocycles. The van der Waals surface area contributed by atoms with Gasteiger partial charge in [-0.05, 0) is 37.6 Å². The second-order valence-corrected chi connectivity index (χ2v) is 6.47. The van der Waals surface area contributed by atoms with Crippen molar-refractivity contribution in [2.75, 3.05) is 13.2 Å². The van der Waals surface area contributed by atoms with Gasteiger partial charge < -0.3 is 10.1 Å². The molecule has 1 N–H and O–H groups in total. The highest BCUT2D eigenvalue weighted by Gasteiger charge is 2.40. The van der Waals surface area contributed by atoms with Crippen molar-refractivity contribution in [3.05, 3.63) is 0 Å². The molecule has 1 aliphatic heterocycles. The summed E-state index contributed by atoms with van der Waals surface area (Å²) >= 11 is 0. The number of rotatable bonds is 6. The molecule has 1 saturated carbocycles. The maximum atomic E-state index is 5.96. The van der Waals surface area contributed by atoms with Gasteiger partial charge in [0.2, 0.25) is 0 Å². The topological polar surface area (TPSA) is 21.3 Å². The Balaban J connectivity index is 2.08. The summed E-state index contributed by atoms with van der Waals surface area (Å²) < 4.78 is 5.96. The minimum absolute atomic E-state index is 0.503. The lowest BCUT2D eigenvalue weighted by molar-refractivity contribution is 0.0544. The monoisotopic (exact) mass is 267 g/mol. The molecule has 2 heteroatoms. The van der Waals surface area contributed by atoms with Gasteiger partial charge in [-0.25, -0.2) is 0 Å². The smallest absolute Gasteiger partial charge is 0.0616 e. The molecule has 19 heavy (non-hydrogen) atoms. The summed E-state index contributed by atoms with van der Waals surface area (Å²) in [6.07, 6.45) is 10.1. The van der Waals surface area contributed by atoms with E-state index in [2.05, 4.69) is 26.1 Å². The minimum atomic E-state index is 0.503. The normalized spacial score (nSPS) is 37.4. The SMILES string of the molecule is CCNC(C1CCCCC1CC)C1CCOC1CC. The Morgan fingerprint density at radius 3 is 2.47 bits per heavy atom. The first-order valence-corrected chi connectivity index (χ1v) is 8.66. The second kappa shape index (κ2) is 7.64. The van der Waals surface area contributed by atoms with Crippen LogP contribution in [0.15, 0.2) is 0 Å². The van der Waals surface area contributed by atoms with E-state index in [-0.39, 0.29) is 0 Å². The van der Waals surface area contributed by atoms with Crippen molar-refractivity contribution in [3.8, 4) is 0 Å². The van der Waals surface area contributed by atoms with Crippen LogP contribution in [0.5, 0.6) is 0 Å². The first-order chi connectivity index (χ1) is 9.31. The average Bonchev–Trinajstić information content (AvgIpc) is 2.93. The van der Waals surface area contributed by atoms with Gasteiger partial charge >= 0.3 is 0 Å². The van der Waals surface area contributed by atoms with Crippen molar-refractivity contribution in [1.29, 1.82) is 0 Å². The van der Waals surface area contributed by atoms with Crippen LogP contribution in [0.1, 0.15) is 65.7 Å². The van der Waals surface area contributed by atoms with Crippen molar-refractivity contribution >= 4 is 0 Å². The van der Waals surface area contributed by atoms with Crippen molar-refractivity contribution in [3.63, 3.8) is 0 Å². The maximum Gasteiger partial charge on any atom is 0.0616 e. The van der Waals surface area contributed by atoms with Crippen LogP contribution in [0.25, 0.3) is 0 Å². The molecule has 1 saturated heterocycles. The Labute approximate surface area is 119 Å². The van der Waals surface area contributed by atoms with E-state index in [4.69, 9.17) is 4.74 Å². The molecule has 2 rings (SSSR count). The largest absolute Gasteiger partial charge is 0.378 e. The summed E-state index contributed by atoms with van der Waals surface area (Å²) in [6, 6.07) is 0.697. The number of ether oxygens (including phenoxy) is 1.